The predicted octanol–water partition coefficient (Wildman–Crippen LogP) is 1.71. The number of nitrogens with one attached hydrogen (secondary N) is 1. The van der Waals surface area contributed by atoms with Gasteiger partial charge in [-0.2, -0.15) is 5.26 Å². The van der Waals surface area contributed by atoms with E-state index in [1.54, 1.807) is 18.2 Å². The zero-order valence-corrected chi connectivity index (χ0v) is 9.40. The van der Waals surface area contributed by atoms with Crippen LogP contribution in [-0.2, 0) is 0 Å². The van der Waals surface area contributed by atoms with Crippen molar-refractivity contribution in [1.29, 1.82) is 5.26 Å². The number of aliphatic hydroxyl groups is 1. The first-order valence-electron chi connectivity index (χ1n) is 5.39. The molecule has 0 bridgehead atoms. The molecule has 1 atom stereocenters. The molecule has 0 amide bonds. The van der Waals surface area contributed by atoms with E-state index in [-0.39, 0.29) is 6.10 Å². The molecule has 0 fully saturated rings. The number of hydrogen-bond donors (Lipinski definition) is 3. The molecule has 0 aliphatic rings. The minimum atomic E-state index is -0.379. The lowest BCUT2D eigenvalue weighted by Crippen LogP contribution is -2.19. The Hall–Kier alpha value is -1.73. The maximum Gasteiger partial charge on any atom is 0.101 e. The summed E-state index contributed by atoms with van der Waals surface area (Å²) < 4.78 is 0. The molecule has 0 heterocycles. The average Bonchev–Trinajstić information content (AvgIpc) is 2.28. The fourth-order valence-electron chi connectivity index (χ4n) is 1.48. The van der Waals surface area contributed by atoms with E-state index >= 15 is 0 Å². The first-order chi connectivity index (χ1) is 7.69. The molecule has 0 aliphatic heterocycles. The summed E-state index contributed by atoms with van der Waals surface area (Å²) in [6.45, 7) is 2.47. The Morgan fingerprint density at radius 2 is 2.31 bits per heavy atom. The Morgan fingerprint density at radius 1 is 1.56 bits per heavy atom. The van der Waals surface area contributed by atoms with Gasteiger partial charge in [-0.25, -0.2) is 0 Å². The predicted molar refractivity (Wildman–Crippen MR) is 65.0 cm³/mol. The number of anilines is 2. The van der Waals surface area contributed by atoms with E-state index in [1.807, 2.05) is 13.0 Å². The number of benzene rings is 1. The zero-order chi connectivity index (χ0) is 12.0. The lowest BCUT2D eigenvalue weighted by molar-refractivity contribution is 0.176. The van der Waals surface area contributed by atoms with Gasteiger partial charge in [0.1, 0.15) is 6.07 Å². The van der Waals surface area contributed by atoms with Gasteiger partial charge in [0, 0.05) is 6.54 Å². The van der Waals surface area contributed by atoms with Crippen molar-refractivity contribution in [3.63, 3.8) is 0 Å². The van der Waals surface area contributed by atoms with Crippen LogP contribution in [0.4, 0.5) is 11.4 Å². The number of nitrogens with two attached hydrogens (primary N) is 1. The molecule has 0 saturated carbocycles. The van der Waals surface area contributed by atoms with Gasteiger partial charge >= 0.3 is 0 Å². The van der Waals surface area contributed by atoms with Gasteiger partial charge in [0.05, 0.1) is 23.0 Å². The van der Waals surface area contributed by atoms with E-state index in [0.29, 0.717) is 23.5 Å². The summed E-state index contributed by atoms with van der Waals surface area (Å²) in [6.07, 6.45) is 1.32. The summed E-state index contributed by atoms with van der Waals surface area (Å²) in [5, 5.41) is 21.4. The van der Waals surface area contributed by atoms with Crippen molar-refractivity contribution in [1.82, 2.24) is 0 Å². The standard InChI is InChI=1S/C12H17N3O/c1-2-4-10(16)8-15-11-6-3-5-9(7-13)12(11)14/h3,5-6,10,15-16H,2,4,8,14H2,1H3. The third-order valence-electron chi connectivity index (χ3n) is 2.38. The average molecular weight is 219 g/mol. The van der Waals surface area contributed by atoms with Gasteiger partial charge in [-0.3, -0.25) is 0 Å². The van der Waals surface area contributed by atoms with Gasteiger partial charge in [0.15, 0.2) is 0 Å². The van der Waals surface area contributed by atoms with E-state index < -0.39 is 0 Å². The van der Waals surface area contributed by atoms with Crippen LogP contribution < -0.4 is 11.1 Å². The molecule has 1 rings (SSSR count). The van der Waals surface area contributed by atoms with Crippen LogP contribution in [0.3, 0.4) is 0 Å². The molecule has 4 heteroatoms. The van der Waals surface area contributed by atoms with Crippen molar-refractivity contribution < 1.29 is 5.11 Å². The highest BCUT2D eigenvalue weighted by atomic mass is 16.3. The minimum absolute atomic E-state index is 0.379. The van der Waals surface area contributed by atoms with Crippen LogP contribution in [0.25, 0.3) is 0 Å². The number of nitrogen functional groups attached to an aromatic ring is 1. The zero-order valence-electron chi connectivity index (χ0n) is 9.40. The molecule has 0 aromatic heterocycles. The number of nitriles is 1. The van der Waals surface area contributed by atoms with Crippen molar-refractivity contribution in [3.05, 3.63) is 23.8 Å². The summed E-state index contributed by atoms with van der Waals surface area (Å²) in [7, 11) is 0. The molecule has 1 aromatic carbocycles. The minimum Gasteiger partial charge on any atom is -0.396 e. The molecule has 4 nitrogen and oxygen atoms in total. The van der Waals surface area contributed by atoms with Crippen LogP contribution in [0.5, 0.6) is 0 Å². The molecular formula is C12H17N3O. The second kappa shape index (κ2) is 5.99. The number of para-hydroxylation sites is 1. The van der Waals surface area contributed by atoms with E-state index in [9.17, 15) is 5.11 Å². The molecule has 4 N–H and O–H groups in total. The Balaban J connectivity index is 2.64. The smallest absolute Gasteiger partial charge is 0.101 e. The van der Waals surface area contributed by atoms with Crippen LogP contribution in [0, 0.1) is 11.3 Å². The van der Waals surface area contributed by atoms with Gasteiger partial charge in [-0.05, 0) is 18.6 Å². The molecule has 16 heavy (non-hydrogen) atoms. The third-order valence-corrected chi connectivity index (χ3v) is 2.38. The first-order valence-corrected chi connectivity index (χ1v) is 5.39. The quantitative estimate of drug-likeness (QED) is 0.658. The van der Waals surface area contributed by atoms with Crippen molar-refractivity contribution in [2.45, 2.75) is 25.9 Å². The fraction of sp³-hybridized carbons (Fsp3) is 0.417. The van der Waals surface area contributed by atoms with Crippen molar-refractivity contribution >= 4 is 11.4 Å². The normalized spacial score (nSPS) is 11.8. The van der Waals surface area contributed by atoms with Crippen LogP contribution >= 0.6 is 0 Å². The molecular weight excluding hydrogens is 202 g/mol. The van der Waals surface area contributed by atoms with Crippen LogP contribution in [0.1, 0.15) is 25.3 Å². The topological polar surface area (TPSA) is 82.1 Å². The van der Waals surface area contributed by atoms with E-state index in [4.69, 9.17) is 11.0 Å². The Kier molecular flexibility index (Phi) is 4.62. The Labute approximate surface area is 95.7 Å². The fourth-order valence-corrected chi connectivity index (χ4v) is 1.48. The maximum absolute atomic E-state index is 9.56. The second-order valence-corrected chi connectivity index (χ2v) is 3.70. The molecule has 1 unspecified atom stereocenters. The third kappa shape index (κ3) is 3.14. The molecule has 0 saturated heterocycles. The van der Waals surface area contributed by atoms with Crippen molar-refractivity contribution in [2.24, 2.45) is 0 Å². The SMILES string of the molecule is CCCC(O)CNc1cccc(C#N)c1N. The van der Waals surface area contributed by atoms with Gasteiger partial charge in [-0.15, -0.1) is 0 Å². The Morgan fingerprint density at radius 3 is 2.94 bits per heavy atom. The summed E-state index contributed by atoms with van der Waals surface area (Å²) >= 11 is 0. The highest BCUT2D eigenvalue weighted by molar-refractivity contribution is 5.72. The molecule has 0 spiro atoms. The largest absolute Gasteiger partial charge is 0.396 e. The van der Waals surface area contributed by atoms with E-state index in [0.717, 1.165) is 12.8 Å². The number of hydrogen-bond acceptors (Lipinski definition) is 4. The summed E-state index contributed by atoms with van der Waals surface area (Å²) in [5.74, 6) is 0. The highest BCUT2D eigenvalue weighted by Crippen LogP contribution is 2.21. The summed E-state index contributed by atoms with van der Waals surface area (Å²) in [4.78, 5) is 0. The Bertz CT molecular complexity index is 384. The van der Waals surface area contributed by atoms with Crippen molar-refractivity contribution in [3.8, 4) is 6.07 Å². The lowest BCUT2D eigenvalue weighted by atomic mass is 10.1. The lowest BCUT2D eigenvalue weighted by Gasteiger charge is -2.13. The summed E-state index contributed by atoms with van der Waals surface area (Å²) in [6, 6.07) is 7.26. The molecule has 0 radical (unpaired) electrons. The maximum atomic E-state index is 9.56. The van der Waals surface area contributed by atoms with E-state index in [1.165, 1.54) is 0 Å². The van der Waals surface area contributed by atoms with Crippen LogP contribution in [0.15, 0.2) is 18.2 Å². The number of aliphatic hydroxyl groups excluding tert-OH is 1. The van der Waals surface area contributed by atoms with Crippen LogP contribution in [-0.4, -0.2) is 17.8 Å². The molecule has 1 aromatic rings. The molecule has 86 valence electrons. The first kappa shape index (κ1) is 12.3. The van der Waals surface area contributed by atoms with Gasteiger partial charge in [-0.1, -0.05) is 19.4 Å². The monoisotopic (exact) mass is 219 g/mol. The van der Waals surface area contributed by atoms with Gasteiger partial charge in [0.2, 0.25) is 0 Å². The van der Waals surface area contributed by atoms with Crippen LogP contribution in [0.2, 0.25) is 0 Å². The van der Waals surface area contributed by atoms with Crippen molar-refractivity contribution in [2.75, 3.05) is 17.6 Å². The molecule has 0 aliphatic carbocycles. The van der Waals surface area contributed by atoms with Gasteiger partial charge in [0.25, 0.3) is 0 Å². The summed E-state index contributed by atoms with van der Waals surface area (Å²) in [5.41, 5.74) is 7.38. The van der Waals surface area contributed by atoms with Gasteiger partial charge < -0.3 is 16.2 Å². The highest BCUT2D eigenvalue weighted by Gasteiger charge is 2.06. The second-order valence-electron chi connectivity index (χ2n) is 3.70. The number of rotatable bonds is 5. The number of nitrogens with zero attached hydrogens (tertiary/aromatic N) is 1. The van der Waals surface area contributed by atoms with E-state index in [2.05, 4.69) is 5.32 Å².